The Kier molecular flexibility index (Phi) is 9.49. The third kappa shape index (κ3) is 6.94. The fourth-order valence-electron chi connectivity index (χ4n) is 2.97. The Morgan fingerprint density at radius 3 is 2.64 bits per heavy atom. The number of halogens is 1. The molecule has 0 radical (unpaired) electrons. The predicted molar refractivity (Wildman–Crippen MR) is 129 cm³/mol. The maximum absolute atomic E-state index is 4.36. The average Bonchev–Trinajstić information content (AvgIpc) is 3.37. The van der Waals surface area contributed by atoms with E-state index in [2.05, 4.69) is 69.4 Å². The number of hydrogen-bond donors (Lipinski definition) is 2. The van der Waals surface area contributed by atoms with E-state index in [1.807, 2.05) is 41.5 Å². The van der Waals surface area contributed by atoms with Crippen molar-refractivity contribution in [3.05, 3.63) is 76.2 Å². The molecule has 1 aromatic carbocycles. The minimum Gasteiger partial charge on any atom is -0.356 e. The van der Waals surface area contributed by atoms with Gasteiger partial charge in [0, 0.05) is 37.4 Å². The lowest BCUT2D eigenvalue weighted by Gasteiger charge is -2.17. The molecule has 150 valence electrons. The lowest BCUT2D eigenvalue weighted by molar-refractivity contribution is 0.562. The quantitative estimate of drug-likeness (QED) is 0.273. The molecule has 2 aromatic heterocycles. The SMILES string of the molecule is CN=C(NCc1ccccc1Cn1cccn1)NCC(C)Cc1cccs1.I. The Balaban J connectivity index is 0.00000280. The molecule has 1 unspecified atom stereocenters. The highest BCUT2D eigenvalue weighted by Crippen LogP contribution is 2.14. The molecule has 3 aromatic rings. The van der Waals surface area contributed by atoms with Crippen LogP contribution in [0.5, 0.6) is 0 Å². The topological polar surface area (TPSA) is 54.2 Å². The third-order valence-electron chi connectivity index (χ3n) is 4.43. The van der Waals surface area contributed by atoms with Crippen molar-refractivity contribution in [2.45, 2.75) is 26.4 Å². The van der Waals surface area contributed by atoms with Gasteiger partial charge >= 0.3 is 0 Å². The lowest BCUT2D eigenvalue weighted by atomic mass is 10.1. The molecular weight excluding hydrogens is 481 g/mol. The number of rotatable bonds is 8. The molecule has 0 aliphatic heterocycles. The van der Waals surface area contributed by atoms with E-state index in [9.17, 15) is 0 Å². The largest absolute Gasteiger partial charge is 0.356 e. The molecule has 0 aliphatic rings. The Hall–Kier alpha value is -1.87. The summed E-state index contributed by atoms with van der Waals surface area (Å²) in [5.41, 5.74) is 2.51. The highest BCUT2D eigenvalue weighted by atomic mass is 127. The fourth-order valence-corrected chi connectivity index (χ4v) is 3.84. The van der Waals surface area contributed by atoms with Gasteiger partial charge in [-0.3, -0.25) is 9.67 Å². The molecule has 0 aliphatic carbocycles. The van der Waals surface area contributed by atoms with Crippen LogP contribution >= 0.6 is 35.3 Å². The average molecular weight is 509 g/mol. The predicted octanol–water partition coefficient (Wildman–Crippen LogP) is 4.15. The number of guanidine groups is 1. The van der Waals surface area contributed by atoms with Crippen molar-refractivity contribution in [2.75, 3.05) is 13.6 Å². The second-order valence-corrected chi connectivity index (χ2v) is 7.70. The van der Waals surface area contributed by atoms with E-state index in [-0.39, 0.29) is 24.0 Å². The van der Waals surface area contributed by atoms with Crippen LogP contribution in [0.3, 0.4) is 0 Å². The summed E-state index contributed by atoms with van der Waals surface area (Å²) in [4.78, 5) is 5.79. The van der Waals surface area contributed by atoms with Crippen molar-refractivity contribution >= 4 is 41.3 Å². The molecule has 7 heteroatoms. The Morgan fingerprint density at radius 1 is 1.14 bits per heavy atom. The van der Waals surface area contributed by atoms with Crippen LogP contribution in [0.15, 0.2) is 65.2 Å². The number of benzene rings is 1. The molecule has 0 saturated heterocycles. The maximum Gasteiger partial charge on any atom is 0.191 e. The molecule has 3 rings (SSSR count). The first-order valence-electron chi connectivity index (χ1n) is 9.25. The van der Waals surface area contributed by atoms with Crippen LogP contribution in [0.4, 0.5) is 0 Å². The van der Waals surface area contributed by atoms with Gasteiger partial charge in [-0.2, -0.15) is 5.10 Å². The molecule has 0 amide bonds. The minimum absolute atomic E-state index is 0. The zero-order chi connectivity index (χ0) is 18.9. The summed E-state index contributed by atoms with van der Waals surface area (Å²) < 4.78 is 1.94. The normalized spacial score (nSPS) is 12.3. The van der Waals surface area contributed by atoms with E-state index in [0.29, 0.717) is 5.92 Å². The van der Waals surface area contributed by atoms with Gasteiger partial charge in [0.15, 0.2) is 5.96 Å². The summed E-state index contributed by atoms with van der Waals surface area (Å²) in [7, 11) is 1.81. The zero-order valence-corrected chi connectivity index (χ0v) is 19.5. The van der Waals surface area contributed by atoms with Crippen LogP contribution in [-0.4, -0.2) is 29.3 Å². The van der Waals surface area contributed by atoms with E-state index in [1.165, 1.54) is 16.0 Å². The number of nitrogens with one attached hydrogen (secondary N) is 2. The number of nitrogens with zero attached hydrogens (tertiary/aromatic N) is 3. The van der Waals surface area contributed by atoms with Crippen LogP contribution in [0.25, 0.3) is 0 Å². The number of aliphatic imine (C=N–C) groups is 1. The smallest absolute Gasteiger partial charge is 0.191 e. The van der Waals surface area contributed by atoms with Gasteiger partial charge in [-0.05, 0) is 41.0 Å². The van der Waals surface area contributed by atoms with Crippen molar-refractivity contribution in [1.29, 1.82) is 0 Å². The van der Waals surface area contributed by atoms with E-state index >= 15 is 0 Å². The van der Waals surface area contributed by atoms with Gasteiger partial charge < -0.3 is 10.6 Å². The van der Waals surface area contributed by atoms with E-state index in [1.54, 1.807) is 0 Å². The fraction of sp³-hybridized carbons (Fsp3) is 0.333. The summed E-state index contributed by atoms with van der Waals surface area (Å²) in [5.74, 6) is 1.39. The third-order valence-corrected chi connectivity index (χ3v) is 5.33. The van der Waals surface area contributed by atoms with Crippen LogP contribution in [0, 0.1) is 5.92 Å². The first-order valence-corrected chi connectivity index (χ1v) is 10.1. The van der Waals surface area contributed by atoms with Crippen molar-refractivity contribution in [3.63, 3.8) is 0 Å². The van der Waals surface area contributed by atoms with Crippen LogP contribution in [0.1, 0.15) is 22.9 Å². The van der Waals surface area contributed by atoms with Crippen molar-refractivity contribution in [2.24, 2.45) is 10.9 Å². The number of thiophene rings is 1. The Labute approximate surface area is 188 Å². The summed E-state index contributed by atoms with van der Waals surface area (Å²) >= 11 is 1.82. The number of hydrogen-bond acceptors (Lipinski definition) is 3. The van der Waals surface area contributed by atoms with Gasteiger partial charge in [-0.1, -0.05) is 37.3 Å². The second kappa shape index (κ2) is 11.9. The molecule has 5 nitrogen and oxygen atoms in total. The summed E-state index contributed by atoms with van der Waals surface area (Å²) in [6, 6.07) is 14.7. The summed E-state index contributed by atoms with van der Waals surface area (Å²) in [5, 5.41) is 13.3. The molecule has 2 N–H and O–H groups in total. The van der Waals surface area contributed by atoms with E-state index < -0.39 is 0 Å². The highest BCUT2D eigenvalue weighted by Gasteiger charge is 2.07. The summed E-state index contributed by atoms with van der Waals surface area (Å²) in [6.07, 6.45) is 4.89. The molecule has 0 fully saturated rings. The Bertz CT molecular complexity index is 830. The van der Waals surface area contributed by atoms with Gasteiger partial charge in [0.25, 0.3) is 0 Å². The van der Waals surface area contributed by atoms with Gasteiger partial charge in [-0.15, -0.1) is 35.3 Å². The van der Waals surface area contributed by atoms with E-state index in [4.69, 9.17) is 0 Å². The van der Waals surface area contributed by atoms with Crippen molar-refractivity contribution in [3.8, 4) is 0 Å². The Morgan fingerprint density at radius 2 is 1.96 bits per heavy atom. The van der Waals surface area contributed by atoms with Gasteiger partial charge in [0.1, 0.15) is 0 Å². The molecule has 1 atom stereocenters. The molecule has 2 heterocycles. The molecular formula is C21H28IN5S. The monoisotopic (exact) mass is 509 g/mol. The first kappa shape index (κ1) is 22.4. The standard InChI is InChI=1S/C21H27N5S.HI/c1-17(13-20-9-5-12-27-20)14-23-21(22-2)24-15-18-7-3-4-8-19(18)16-26-11-6-10-25-26;/h3-12,17H,13-16H2,1-2H3,(H2,22,23,24);1H. The van der Waals surface area contributed by atoms with Gasteiger partial charge in [-0.25, -0.2) is 0 Å². The molecule has 28 heavy (non-hydrogen) atoms. The zero-order valence-electron chi connectivity index (χ0n) is 16.3. The van der Waals surface area contributed by atoms with Gasteiger partial charge in [0.2, 0.25) is 0 Å². The van der Waals surface area contributed by atoms with Crippen molar-refractivity contribution < 1.29 is 0 Å². The number of aromatic nitrogens is 2. The van der Waals surface area contributed by atoms with Crippen LogP contribution < -0.4 is 10.6 Å². The van der Waals surface area contributed by atoms with Crippen LogP contribution in [0.2, 0.25) is 0 Å². The molecule has 0 saturated carbocycles. The summed E-state index contributed by atoms with van der Waals surface area (Å²) in [6.45, 7) is 4.66. The lowest BCUT2D eigenvalue weighted by Crippen LogP contribution is -2.39. The molecule has 0 spiro atoms. The van der Waals surface area contributed by atoms with Gasteiger partial charge in [0.05, 0.1) is 6.54 Å². The second-order valence-electron chi connectivity index (χ2n) is 6.67. The van der Waals surface area contributed by atoms with Crippen molar-refractivity contribution in [1.82, 2.24) is 20.4 Å². The van der Waals surface area contributed by atoms with Crippen LogP contribution in [-0.2, 0) is 19.5 Å². The minimum atomic E-state index is 0. The maximum atomic E-state index is 4.36. The van der Waals surface area contributed by atoms with E-state index in [0.717, 1.165) is 32.0 Å². The highest BCUT2D eigenvalue weighted by molar-refractivity contribution is 14.0. The molecule has 0 bridgehead atoms. The first-order chi connectivity index (χ1) is 13.2.